The fraction of sp³-hybridized carbons (Fsp3) is 0.682. The van der Waals surface area contributed by atoms with E-state index in [1.165, 1.54) is 69.6 Å². The van der Waals surface area contributed by atoms with Gasteiger partial charge in [-0.25, -0.2) is 4.79 Å². The van der Waals surface area contributed by atoms with Crippen LogP contribution in [-0.4, -0.2) is 30.3 Å². The SMILES string of the molecule is COC(=O)[C@@H]1C[C@H]2CCCCCCCCCCc3ccccc3CN2O1. The summed E-state index contributed by atoms with van der Waals surface area (Å²) in [5.74, 6) is -0.250. The molecule has 144 valence electrons. The van der Waals surface area contributed by atoms with Crippen LogP contribution >= 0.6 is 0 Å². The van der Waals surface area contributed by atoms with Gasteiger partial charge in [-0.05, 0) is 30.4 Å². The van der Waals surface area contributed by atoms with E-state index in [0.717, 1.165) is 25.8 Å². The second kappa shape index (κ2) is 10.1. The van der Waals surface area contributed by atoms with Gasteiger partial charge in [-0.15, -0.1) is 0 Å². The predicted molar refractivity (Wildman–Crippen MR) is 103 cm³/mol. The number of aryl methyl sites for hydroxylation is 1. The molecule has 1 fully saturated rings. The van der Waals surface area contributed by atoms with Crippen LogP contribution in [0.15, 0.2) is 24.3 Å². The molecule has 0 radical (unpaired) electrons. The Labute approximate surface area is 157 Å². The third kappa shape index (κ3) is 5.31. The zero-order valence-corrected chi connectivity index (χ0v) is 16.1. The van der Waals surface area contributed by atoms with Crippen LogP contribution in [0.4, 0.5) is 0 Å². The van der Waals surface area contributed by atoms with Crippen LogP contribution in [0.2, 0.25) is 0 Å². The lowest BCUT2D eigenvalue weighted by molar-refractivity contribution is -0.191. The molecule has 0 aromatic heterocycles. The maximum Gasteiger partial charge on any atom is 0.337 e. The molecular weight excluding hydrogens is 326 g/mol. The zero-order valence-electron chi connectivity index (χ0n) is 16.1. The van der Waals surface area contributed by atoms with E-state index >= 15 is 0 Å². The topological polar surface area (TPSA) is 38.8 Å². The Morgan fingerprint density at radius 2 is 1.65 bits per heavy atom. The summed E-state index contributed by atoms with van der Waals surface area (Å²) < 4.78 is 4.92. The van der Waals surface area contributed by atoms with Crippen molar-refractivity contribution in [2.24, 2.45) is 0 Å². The fourth-order valence-corrected chi connectivity index (χ4v) is 4.24. The standard InChI is InChI=1S/C22H33NO3/c1-25-22(24)21-16-20-15-9-7-5-3-2-4-6-8-12-18-13-10-11-14-19(18)17-23(20)26-21/h10-11,13-14,20-21H,2-9,12,15-17H2,1H3/t20-,21+/m1/s1. The number of hydrogen-bond donors (Lipinski definition) is 0. The maximum absolute atomic E-state index is 12.0. The second-order valence-corrected chi connectivity index (χ2v) is 7.72. The van der Waals surface area contributed by atoms with Gasteiger partial charge in [-0.3, -0.25) is 4.84 Å². The van der Waals surface area contributed by atoms with E-state index in [2.05, 4.69) is 29.3 Å². The Morgan fingerprint density at radius 1 is 1.00 bits per heavy atom. The summed E-state index contributed by atoms with van der Waals surface area (Å²) in [5.41, 5.74) is 2.75. The highest BCUT2D eigenvalue weighted by Gasteiger charge is 2.38. The average Bonchev–Trinajstić information content (AvgIpc) is 3.05. The van der Waals surface area contributed by atoms with Gasteiger partial charge in [0.15, 0.2) is 6.10 Å². The van der Waals surface area contributed by atoms with Gasteiger partial charge in [0.05, 0.1) is 7.11 Å². The second-order valence-electron chi connectivity index (χ2n) is 7.72. The molecule has 2 aliphatic rings. The van der Waals surface area contributed by atoms with E-state index in [1.807, 2.05) is 0 Å². The number of rotatable bonds is 1. The number of carbonyl (C=O) groups is 1. The summed E-state index contributed by atoms with van der Waals surface area (Å²) in [6.45, 7) is 0.758. The Hall–Kier alpha value is -1.39. The van der Waals surface area contributed by atoms with Crippen LogP contribution in [0.25, 0.3) is 0 Å². The molecule has 1 saturated heterocycles. The normalized spacial score (nSPS) is 26.2. The first-order valence-electron chi connectivity index (χ1n) is 10.4. The number of ether oxygens (including phenoxy) is 1. The molecule has 0 N–H and O–H groups in total. The van der Waals surface area contributed by atoms with Crippen molar-refractivity contribution in [2.45, 2.75) is 89.3 Å². The lowest BCUT2D eigenvalue weighted by Crippen LogP contribution is -2.29. The Morgan fingerprint density at radius 3 is 2.38 bits per heavy atom. The molecule has 1 aromatic rings. The third-order valence-electron chi connectivity index (χ3n) is 5.80. The molecule has 3 rings (SSSR count). The van der Waals surface area contributed by atoms with Crippen LogP contribution in [0.3, 0.4) is 0 Å². The molecule has 0 bridgehead atoms. The number of nitrogens with zero attached hydrogens (tertiary/aromatic N) is 1. The number of hydroxylamine groups is 2. The van der Waals surface area contributed by atoms with Gasteiger partial charge in [0.1, 0.15) is 0 Å². The Kier molecular flexibility index (Phi) is 7.51. The largest absolute Gasteiger partial charge is 0.467 e. The number of benzene rings is 1. The van der Waals surface area contributed by atoms with Gasteiger partial charge in [-0.2, -0.15) is 5.06 Å². The van der Waals surface area contributed by atoms with Crippen LogP contribution in [0.5, 0.6) is 0 Å². The van der Waals surface area contributed by atoms with Crippen molar-refractivity contribution in [1.29, 1.82) is 0 Å². The predicted octanol–water partition coefficient (Wildman–Crippen LogP) is 4.80. The van der Waals surface area contributed by atoms with E-state index in [4.69, 9.17) is 9.57 Å². The molecule has 0 aliphatic carbocycles. The summed E-state index contributed by atoms with van der Waals surface area (Å²) in [4.78, 5) is 18.0. The highest BCUT2D eigenvalue weighted by Crippen LogP contribution is 2.29. The van der Waals surface area contributed by atoms with E-state index in [0.29, 0.717) is 6.04 Å². The molecule has 0 unspecified atom stereocenters. The van der Waals surface area contributed by atoms with Crippen molar-refractivity contribution < 1.29 is 14.4 Å². The minimum atomic E-state index is -0.448. The number of fused-ring (bicyclic) bond motifs is 2. The highest BCUT2D eigenvalue weighted by molar-refractivity contribution is 5.74. The van der Waals surface area contributed by atoms with Gasteiger partial charge in [0.2, 0.25) is 0 Å². The monoisotopic (exact) mass is 359 g/mol. The number of carbonyl (C=O) groups excluding carboxylic acids is 1. The minimum Gasteiger partial charge on any atom is -0.467 e. The third-order valence-corrected chi connectivity index (χ3v) is 5.80. The summed E-state index contributed by atoms with van der Waals surface area (Å²) in [7, 11) is 1.44. The summed E-state index contributed by atoms with van der Waals surface area (Å²) in [6, 6.07) is 9.00. The Bertz CT molecular complexity index is 574. The summed E-state index contributed by atoms with van der Waals surface area (Å²) in [5, 5.41) is 2.06. The van der Waals surface area contributed by atoms with E-state index < -0.39 is 6.10 Å². The van der Waals surface area contributed by atoms with Crippen molar-refractivity contribution in [3.05, 3.63) is 35.4 Å². The van der Waals surface area contributed by atoms with Crippen LogP contribution in [0.1, 0.15) is 75.3 Å². The molecule has 2 aliphatic heterocycles. The van der Waals surface area contributed by atoms with E-state index in [1.54, 1.807) is 0 Å². The van der Waals surface area contributed by atoms with Gasteiger partial charge in [-0.1, -0.05) is 69.2 Å². The van der Waals surface area contributed by atoms with Crippen molar-refractivity contribution in [3.63, 3.8) is 0 Å². The van der Waals surface area contributed by atoms with Crippen LogP contribution < -0.4 is 0 Å². The number of methoxy groups -OCH3 is 1. The molecule has 0 amide bonds. The van der Waals surface area contributed by atoms with Gasteiger partial charge < -0.3 is 4.74 Å². The van der Waals surface area contributed by atoms with Gasteiger partial charge in [0.25, 0.3) is 0 Å². The number of esters is 1. The number of hydrogen-bond acceptors (Lipinski definition) is 4. The lowest BCUT2D eigenvalue weighted by atomic mass is 10.00. The molecular formula is C22H33NO3. The molecule has 0 saturated carbocycles. The summed E-state index contributed by atoms with van der Waals surface area (Å²) >= 11 is 0. The molecule has 4 heteroatoms. The Balaban J connectivity index is 1.74. The maximum atomic E-state index is 12.0. The molecule has 26 heavy (non-hydrogen) atoms. The zero-order chi connectivity index (χ0) is 18.2. The van der Waals surface area contributed by atoms with Crippen molar-refractivity contribution in [1.82, 2.24) is 5.06 Å². The van der Waals surface area contributed by atoms with E-state index in [-0.39, 0.29) is 5.97 Å². The first kappa shape index (κ1) is 19.4. The van der Waals surface area contributed by atoms with Gasteiger partial charge in [0, 0.05) is 19.0 Å². The van der Waals surface area contributed by atoms with E-state index in [9.17, 15) is 4.79 Å². The van der Waals surface area contributed by atoms with Crippen LogP contribution in [0, 0.1) is 0 Å². The van der Waals surface area contributed by atoms with Crippen molar-refractivity contribution >= 4 is 5.97 Å². The molecule has 4 nitrogen and oxygen atoms in total. The average molecular weight is 360 g/mol. The molecule has 2 atom stereocenters. The smallest absolute Gasteiger partial charge is 0.337 e. The fourth-order valence-electron chi connectivity index (χ4n) is 4.24. The first-order chi connectivity index (χ1) is 12.8. The quantitative estimate of drug-likeness (QED) is 0.675. The summed E-state index contributed by atoms with van der Waals surface area (Å²) in [6.07, 6.45) is 13.0. The van der Waals surface area contributed by atoms with Gasteiger partial charge >= 0.3 is 5.97 Å². The lowest BCUT2D eigenvalue weighted by Gasteiger charge is -2.24. The van der Waals surface area contributed by atoms with Crippen LogP contribution in [-0.2, 0) is 27.3 Å². The molecule has 0 spiro atoms. The first-order valence-corrected chi connectivity index (χ1v) is 10.4. The molecule has 1 aromatic carbocycles. The minimum absolute atomic E-state index is 0.250. The molecule has 2 heterocycles. The van der Waals surface area contributed by atoms with Crippen molar-refractivity contribution in [2.75, 3.05) is 7.11 Å². The van der Waals surface area contributed by atoms with Crippen molar-refractivity contribution in [3.8, 4) is 0 Å². The highest BCUT2D eigenvalue weighted by atomic mass is 16.7.